The third-order valence-electron chi connectivity index (χ3n) is 3.53. The highest BCUT2D eigenvalue weighted by molar-refractivity contribution is 7.87. The first-order valence-electron chi connectivity index (χ1n) is 6.95. The van der Waals surface area contributed by atoms with Gasteiger partial charge in [0.2, 0.25) is 0 Å². The third kappa shape index (κ3) is 4.02. The molecule has 20 heavy (non-hydrogen) atoms. The molecule has 5 nitrogen and oxygen atoms in total. The Morgan fingerprint density at radius 3 is 3.00 bits per heavy atom. The first kappa shape index (κ1) is 15.9. The lowest BCUT2D eigenvalue weighted by molar-refractivity contribution is 0.153. The first-order valence-corrected chi connectivity index (χ1v) is 9.27. The first-order chi connectivity index (χ1) is 9.53. The lowest BCUT2D eigenvalue weighted by Crippen LogP contribution is -2.52. The van der Waals surface area contributed by atoms with Crippen LogP contribution in [0.1, 0.15) is 31.1 Å². The molecule has 114 valence electrons. The average molecular weight is 318 g/mol. The number of hydrogen-bond acceptors (Lipinski definition) is 4. The number of hydrogen-bond donors (Lipinski definition) is 2. The Kier molecular flexibility index (Phi) is 5.57. The van der Waals surface area contributed by atoms with E-state index in [0.29, 0.717) is 13.0 Å². The van der Waals surface area contributed by atoms with Crippen LogP contribution in [0.2, 0.25) is 0 Å². The summed E-state index contributed by atoms with van der Waals surface area (Å²) in [4.78, 5) is 1.16. The van der Waals surface area contributed by atoms with Crippen molar-refractivity contribution in [2.24, 2.45) is 0 Å². The van der Waals surface area contributed by atoms with E-state index in [1.54, 1.807) is 11.3 Å². The lowest BCUT2D eigenvalue weighted by Gasteiger charge is -2.34. The fourth-order valence-electron chi connectivity index (χ4n) is 2.57. The van der Waals surface area contributed by atoms with Crippen LogP contribution in [0.15, 0.2) is 17.5 Å². The van der Waals surface area contributed by atoms with Gasteiger partial charge in [0, 0.05) is 23.5 Å². The molecule has 2 N–H and O–H groups in total. The van der Waals surface area contributed by atoms with Crippen LogP contribution in [0.4, 0.5) is 0 Å². The highest BCUT2D eigenvalue weighted by atomic mass is 32.2. The van der Waals surface area contributed by atoms with Gasteiger partial charge < -0.3 is 5.11 Å². The van der Waals surface area contributed by atoms with Crippen LogP contribution in [-0.4, -0.2) is 43.1 Å². The molecule has 2 unspecified atom stereocenters. The zero-order chi connectivity index (χ0) is 14.6. The van der Waals surface area contributed by atoms with E-state index in [4.69, 9.17) is 0 Å². The van der Waals surface area contributed by atoms with Crippen LogP contribution < -0.4 is 4.72 Å². The van der Waals surface area contributed by atoms with Gasteiger partial charge in [0.15, 0.2) is 0 Å². The summed E-state index contributed by atoms with van der Waals surface area (Å²) >= 11 is 1.63. The van der Waals surface area contributed by atoms with Crippen molar-refractivity contribution in [3.63, 3.8) is 0 Å². The Bertz CT molecular complexity index is 502. The molecule has 2 heterocycles. The highest BCUT2D eigenvalue weighted by Gasteiger charge is 2.32. The second-order valence-electron chi connectivity index (χ2n) is 5.25. The van der Waals surface area contributed by atoms with E-state index in [2.05, 4.69) is 4.72 Å². The van der Waals surface area contributed by atoms with Crippen molar-refractivity contribution in [3.05, 3.63) is 22.4 Å². The molecule has 0 saturated carbocycles. The molecule has 0 amide bonds. The van der Waals surface area contributed by atoms with E-state index in [1.807, 2.05) is 24.4 Å². The number of nitrogens with one attached hydrogen (secondary N) is 1. The smallest absolute Gasteiger partial charge is 0.280 e. The monoisotopic (exact) mass is 318 g/mol. The largest absolute Gasteiger partial charge is 0.395 e. The normalized spacial score (nSPS) is 22.8. The summed E-state index contributed by atoms with van der Waals surface area (Å²) in [6.45, 7) is 2.25. The molecule has 0 radical (unpaired) electrons. The minimum Gasteiger partial charge on any atom is -0.395 e. The molecule has 1 aromatic rings. The molecule has 1 fully saturated rings. The summed E-state index contributed by atoms with van der Waals surface area (Å²) < 4.78 is 28.9. The zero-order valence-corrected chi connectivity index (χ0v) is 13.3. The highest BCUT2D eigenvalue weighted by Crippen LogP contribution is 2.20. The fraction of sp³-hybridized carbons (Fsp3) is 0.692. The van der Waals surface area contributed by atoms with Crippen LogP contribution in [0.3, 0.4) is 0 Å². The molecule has 1 aliphatic rings. The topological polar surface area (TPSA) is 69.6 Å². The average Bonchev–Trinajstić information content (AvgIpc) is 2.90. The zero-order valence-electron chi connectivity index (χ0n) is 11.7. The molecule has 0 spiro atoms. The summed E-state index contributed by atoms with van der Waals surface area (Å²) in [6.07, 6.45) is 3.25. The molecular weight excluding hydrogens is 296 g/mol. The number of thiophene rings is 1. The van der Waals surface area contributed by atoms with Crippen LogP contribution in [-0.2, 0) is 16.6 Å². The summed E-state index contributed by atoms with van der Waals surface area (Å²) in [5.74, 6) is 0. The standard InChI is InChI=1S/C13H22N2O3S2/c1-11(9-13-6-4-8-19-13)14-20(17,18)15-7-3-2-5-12(15)10-16/h4,6,8,11-12,14,16H,2-3,5,7,9-10H2,1H3. The predicted octanol–water partition coefficient (Wildman–Crippen LogP) is 1.36. The van der Waals surface area contributed by atoms with Crippen molar-refractivity contribution in [2.75, 3.05) is 13.2 Å². The SMILES string of the molecule is CC(Cc1cccs1)NS(=O)(=O)N1CCCCC1CO. The third-order valence-corrected chi connectivity index (χ3v) is 6.23. The number of aliphatic hydroxyl groups is 1. The maximum absolute atomic E-state index is 12.4. The van der Waals surface area contributed by atoms with Gasteiger partial charge in [-0.25, -0.2) is 0 Å². The number of aliphatic hydroxyl groups excluding tert-OH is 1. The summed E-state index contributed by atoms with van der Waals surface area (Å²) in [5.41, 5.74) is 0. The minimum absolute atomic E-state index is 0.111. The van der Waals surface area contributed by atoms with Crippen molar-refractivity contribution in [1.82, 2.24) is 9.03 Å². The van der Waals surface area contributed by atoms with Crippen molar-refractivity contribution in [2.45, 2.75) is 44.7 Å². The van der Waals surface area contributed by atoms with Gasteiger partial charge in [0.1, 0.15) is 0 Å². The summed E-state index contributed by atoms with van der Waals surface area (Å²) in [7, 11) is -3.52. The second kappa shape index (κ2) is 7.00. The van der Waals surface area contributed by atoms with E-state index in [-0.39, 0.29) is 18.7 Å². The Labute approximate surface area is 124 Å². The molecule has 1 saturated heterocycles. The van der Waals surface area contributed by atoms with Gasteiger partial charge in [-0.2, -0.15) is 17.4 Å². The Hall–Kier alpha value is -0.470. The molecule has 1 aromatic heterocycles. The van der Waals surface area contributed by atoms with E-state index >= 15 is 0 Å². The summed E-state index contributed by atoms with van der Waals surface area (Å²) in [6, 6.07) is 3.54. The number of rotatable bonds is 6. The van der Waals surface area contributed by atoms with Crippen molar-refractivity contribution in [3.8, 4) is 0 Å². The van der Waals surface area contributed by atoms with E-state index < -0.39 is 10.2 Å². The van der Waals surface area contributed by atoms with Gasteiger partial charge in [0.25, 0.3) is 10.2 Å². The molecule has 0 bridgehead atoms. The maximum Gasteiger partial charge on any atom is 0.280 e. The summed E-state index contributed by atoms with van der Waals surface area (Å²) in [5, 5.41) is 11.3. The maximum atomic E-state index is 12.4. The molecule has 7 heteroatoms. The van der Waals surface area contributed by atoms with Gasteiger partial charge >= 0.3 is 0 Å². The van der Waals surface area contributed by atoms with Gasteiger partial charge in [0.05, 0.1) is 6.61 Å². The van der Waals surface area contributed by atoms with Crippen molar-refractivity contribution in [1.29, 1.82) is 0 Å². The van der Waals surface area contributed by atoms with Crippen LogP contribution in [0, 0.1) is 0 Å². The van der Waals surface area contributed by atoms with E-state index in [1.165, 1.54) is 4.31 Å². The Balaban J connectivity index is 1.98. The molecule has 2 atom stereocenters. The molecule has 0 aromatic carbocycles. The second-order valence-corrected chi connectivity index (χ2v) is 7.94. The lowest BCUT2D eigenvalue weighted by atomic mass is 10.1. The molecule has 2 rings (SSSR count). The number of nitrogens with zero attached hydrogens (tertiary/aromatic N) is 1. The van der Waals surface area contributed by atoms with Crippen LogP contribution in [0.5, 0.6) is 0 Å². The minimum atomic E-state index is -3.52. The van der Waals surface area contributed by atoms with Crippen LogP contribution >= 0.6 is 11.3 Å². The predicted molar refractivity (Wildman–Crippen MR) is 81.0 cm³/mol. The van der Waals surface area contributed by atoms with Gasteiger partial charge in [-0.1, -0.05) is 12.5 Å². The molecule has 0 aliphatic carbocycles. The molecular formula is C13H22N2O3S2. The fourth-order valence-corrected chi connectivity index (χ4v) is 5.06. The van der Waals surface area contributed by atoms with Gasteiger partial charge in [-0.05, 0) is 37.6 Å². The quantitative estimate of drug-likeness (QED) is 0.832. The van der Waals surface area contributed by atoms with Crippen LogP contribution in [0.25, 0.3) is 0 Å². The van der Waals surface area contributed by atoms with E-state index in [9.17, 15) is 13.5 Å². The van der Waals surface area contributed by atoms with Gasteiger partial charge in [-0.3, -0.25) is 0 Å². The molecule has 1 aliphatic heterocycles. The Morgan fingerprint density at radius 2 is 2.35 bits per heavy atom. The van der Waals surface area contributed by atoms with Crippen molar-refractivity contribution < 1.29 is 13.5 Å². The number of piperidine rings is 1. The van der Waals surface area contributed by atoms with Crippen molar-refractivity contribution >= 4 is 21.5 Å². The van der Waals surface area contributed by atoms with Gasteiger partial charge in [-0.15, -0.1) is 11.3 Å². The van der Waals surface area contributed by atoms with E-state index in [0.717, 1.165) is 24.1 Å². The Morgan fingerprint density at radius 1 is 1.55 bits per heavy atom.